The van der Waals surface area contributed by atoms with Crippen molar-refractivity contribution in [2.24, 2.45) is 0 Å². The molecule has 0 unspecified atom stereocenters. The van der Waals surface area contributed by atoms with E-state index in [-0.39, 0.29) is 18.4 Å². The molecule has 6 heteroatoms. The van der Waals surface area contributed by atoms with E-state index in [1.165, 1.54) is 0 Å². The van der Waals surface area contributed by atoms with Crippen LogP contribution in [0.2, 0.25) is 0 Å². The molecule has 0 spiro atoms. The summed E-state index contributed by atoms with van der Waals surface area (Å²) in [7, 11) is 0. The van der Waals surface area contributed by atoms with Gasteiger partial charge in [-0.25, -0.2) is 0 Å². The Kier molecular flexibility index (Phi) is 7.41. The highest BCUT2D eigenvalue weighted by atomic mass is 79.9. The molecule has 29 heavy (non-hydrogen) atoms. The van der Waals surface area contributed by atoms with Crippen LogP contribution in [0.25, 0.3) is 0 Å². The number of rotatable bonds is 8. The van der Waals surface area contributed by atoms with Crippen molar-refractivity contribution >= 4 is 44.8 Å². The van der Waals surface area contributed by atoms with Gasteiger partial charge in [-0.1, -0.05) is 52.3 Å². The number of anilines is 3. The Bertz CT molecular complexity index is 959. The van der Waals surface area contributed by atoms with Gasteiger partial charge in [-0.3, -0.25) is 9.59 Å². The summed E-state index contributed by atoms with van der Waals surface area (Å²) in [5.41, 5.74) is 3.38. The standard InChI is InChI=1S/C23H22BrN3O2/c24-18-7-4-8-21(15-18)25-16-23(29)27-20-12-10-19(11-13-20)26-22(28)14-9-17-5-2-1-3-6-17/h1-8,10-13,15,25H,9,14,16H2,(H,26,28)(H,27,29). The fourth-order valence-electron chi connectivity index (χ4n) is 2.75. The van der Waals surface area contributed by atoms with E-state index >= 15 is 0 Å². The molecule has 0 saturated carbocycles. The lowest BCUT2D eigenvalue weighted by molar-refractivity contribution is -0.116. The lowest BCUT2D eigenvalue weighted by Crippen LogP contribution is -2.21. The third kappa shape index (κ3) is 7.08. The monoisotopic (exact) mass is 451 g/mol. The van der Waals surface area contributed by atoms with Crippen LogP contribution in [-0.2, 0) is 16.0 Å². The van der Waals surface area contributed by atoms with Gasteiger partial charge in [0.05, 0.1) is 6.54 Å². The van der Waals surface area contributed by atoms with Crippen molar-refractivity contribution in [2.45, 2.75) is 12.8 Å². The van der Waals surface area contributed by atoms with Gasteiger partial charge in [0.15, 0.2) is 0 Å². The molecule has 3 aromatic rings. The molecule has 0 aliphatic rings. The molecule has 0 aliphatic carbocycles. The minimum atomic E-state index is -0.148. The topological polar surface area (TPSA) is 70.2 Å². The first-order chi connectivity index (χ1) is 14.1. The Balaban J connectivity index is 1.43. The van der Waals surface area contributed by atoms with Crippen molar-refractivity contribution in [3.8, 4) is 0 Å². The molecule has 0 aliphatic heterocycles. The van der Waals surface area contributed by atoms with Crippen LogP contribution in [0.15, 0.2) is 83.3 Å². The highest BCUT2D eigenvalue weighted by Gasteiger charge is 2.05. The van der Waals surface area contributed by atoms with E-state index in [9.17, 15) is 9.59 Å². The normalized spacial score (nSPS) is 10.2. The van der Waals surface area contributed by atoms with Gasteiger partial charge in [0.25, 0.3) is 0 Å². The second-order valence-corrected chi connectivity index (χ2v) is 7.44. The number of carbonyl (C=O) groups excluding carboxylic acids is 2. The fourth-order valence-corrected chi connectivity index (χ4v) is 3.15. The summed E-state index contributed by atoms with van der Waals surface area (Å²) < 4.78 is 0.948. The Hall–Kier alpha value is -3.12. The molecular formula is C23H22BrN3O2. The molecule has 0 atom stereocenters. The van der Waals surface area contributed by atoms with Crippen molar-refractivity contribution < 1.29 is 9.59 Å². The molecule has 3 N–H and O–H groups in total. The predicted molar refractivity (Wildman–Crippen MR) is 121 cm³/mol. The van der Waals surface area contributed by atoms with Gasteiger partial charge in [-0.15, -0.1) is 0 Å². The molecular weight excluding hydrogens is 430 g/mol. The molecule has 2 amide bonds. The summed E-state index contributed by atoms with van der Waals surface area (Å²) in [6, 6.07) is 24.6. The first-order valence-corrected chi connectivity index (χ1v) is 10.1. The highest BCUT2D eigenvalue weighted by molar-refractivity contribution is 9.10. The average Bonchev–Trinajstić information content (AvgIpc) is 2.73. The molecule has 0 fully saturated rings. The lowest BCUT2D eigenvalue weighted by atomic mass is 10.1. The number of nitrogens with one attached hydrogen (secondary N) is 3. The number of amides is 2. The highest BCUT2D eigenvalue weighted by Crippen LogP contribution is 2.16. The quantitative estimate of drug-likeness (QED) is 0.447. The van der Waals surface area contributed by atoms with E-state index in [0.717, 1.165) is 15.7 Å². The molecule has 148 valence electrons. The molecule has 0 radical (unpaired) electrons. The van der Waals surface area contributed by atoms with E-state index in [1.54, 1.807) is 24.3 Å². The number of carbonyl (C=O) groups is 2. The van der Waals surface area contributed by atoms with Crippen LogP contribution in [0, 0.1) is 0 Å². The molecule has 0 aromatic heterocycles. The third-order valence-corrected chi connectivity index (χ3v) is 4.71. The van der Waals surface area contributed by atoms with Gasteiger partial charge in [0.2, 0.25) is 11.8 Å². The maximum Gasteiger partial charge on any atom is 0.243 e. The number of halogens is 1. The molecule has 5 nitrogen and oxygen atoms in total. The summed E-state index contributed by atoms with van der Waals surface area (Å²) in [5.74, 6) is -0.187. The first kappa shape index (κ1) is 20.6. The van der Waals surface area contributed by atoms with Crippen molar-refractivity contribution in [1.82, 2.24) is 0 Å². The summed E-state index contributed by atoms with van der Waals surface area (Å²) >= 11 is 3.40. The molecule has 0 heterocycles. The minimum absolute atomic E-state index is 0.0381. The third-order valence-electron chi connectivity index (χ3n) is 4.21. The zero-order chi connectivity index (χ0) is 20.5. The van der Waals surface area contributed by atoms with Crippen LogP contribution in [0.4, 0.5) is 17.1 Å². The number of hydrogen-bond acceptors (Lipinski definition) is 3. The van der Waals surface area contributed by atoms with Crippen molar-refractivity contribution in [2.75, 3.05) is 22.5 Å². The summed E-state index contributed by atoms with van der Waals surface area (Å²) in [5, 5.41) is 8.78. The minimum Gasteiger partial charge on any atom is -0.376 e. The van der Waals surface area contributed by atoms with Crippen LogP contribution in [0.5, 0.6) is 0 Å². The van der Waals surface area contributed by atoms with E-state index < -0.39 is 0 Å². The van der Waals surface area contributed by atoms with Crippen molar-refractivity contribution in [1.29, 1.82) is 0 Å². The maximum atomic E-state index is 12.1. The van der Waals surface area contributed by atoms with Crippen LogP contribution < -0.4 is 16.0 Å². The number of aryl methyl sites for hydroxylation is 1. The Morgan fingerprint density at radius 2 is 1.38 bits per heavy atom. The molecule has 3 rings (SSSR count). The van der Waals surface area contributed by atoms with E-state index in [4.69, 9.17) is 0 Å². The number of benzene rings is 3. The lowest BCUT2D eigenvalue weighted by Gasteiger charge is -2.09. The Labute approximate surface area is 178 Å². The average molecular weight is 452 g/mol. The Morgan fingerprint density at radius 3 is 2.03 bits per heavy atom. The number of hydrogen-bond donors (Lipinski definition) is 3. The Morgan fingerprint density at radius 1 is 0.724 bits per heavy atom. The first-order valence-electron chi connectivity index (χ1n) is 9.31. The van der Waals surface area contributed by atoms with Gasteiger partial charge in [-0.05, 0) is 54.4 Å². The van der Waals surface area contributed by atoms with Crippen LogP contribution >= 0.6 is 15.9 Å². The fraction of sp³-hybridized carbons (Fsp3) is 0.130. The van der Waals surface area contributed by atoms with Crippen molar-refractivity contribution in [3.63, 3.8) is 0 Å². The molecule has 0 saturated heterocycles. The van der Waals surface area contributed by atoms with Gasteiger partial charge in [-0.2, -0.15) is 0 Å². The summed E-state index contributed by atoms with van der Waals surface area (Å²) in [4.78, 5) is 24.2. The molecule has 3 aromatic carbocycles. The van der Waals surface area contributed by atoms with Crippen LogP contribution in [-0.4, -0.2) is 18.4 Å². The predicted octanol–water partition coefficient (Wildman–Crippen LogP) is 5.07. The summed E-state index contributed by atoms with van der Waals surface area (Å²) in [6.45, 7) is 0.161. The summed E-state index contributed by atoms with van der Waals surface area (Å²) in [6.07, 6.45) is 1.12. The zero-order valence-electron chi connectivity index (χ0n) is 15.8. The van der Waals surface area contributed by atoms with E-state index in [0.29, 0.717) is 24.2 Å². The van der Waals surface area contributed by atoms with Gasteiger partial charge in [0, 0.05) is 28.0 Å². The van der Waals surface area contributed by atoms with Gasteiger partial charge in [0.1, 0.15) is 0 Å². The second kappa shape index (κ2) is 10.4. The van der Waals surface area contributed by atoms with Gasteiger partial charge >= 0.3 is 0 Å². The largest absolute Gasteiger partial charge is 0.376 e. The smallest absolute Gasteiger partial charge is 0.243 e. The van der Waals surface area contributed by atoms with Crippen LogP contribution in [0.1, 0.15) is 12.0 Å². The van der Waals surface area contributed by atoms with Crippen LogP contribution in [0.3, 0.4) is 0 Å². The zero-order valence-corrected chi connectivity index (χ0v) is 17.4. The van der Waals surface area contributed by atoms with E-state index in [1.807, 2.05) is 54.6 Å². The molecule has 0 bridgehead atoms. The maximum absolute atomic E-state index is 12.1. The SMILES string of the molecule is O=C(CCc1ccccc1)Nc1ccc(NC(=O)CNc2cccc(Br)c2)cc1. The second-order valence-electron chi connectivity index (χ2n) is 6.52. The van der Waals surface area contributed by atoms with E-state index in [2.05, 4.69) is 31.9 Å². The van der Waals surface area contributed by atoms with Gasteiger partial charge < -0.3 is 16.0 Å². The van der Waals surface area contributed by atoms with Crippen molar-refractivity contribution in [3.05, 3.63) is 88.9 Å².